The van der Waals surface area contributed by atoms with E-state index in [0.29, 0.717) is 184 Å². The highest BCUT2D eigenvalue weighted by Gasteiger charge is 2.50. The van der Waals surface area contributed by atoms with Crippen molar-refractivity contribution in [1.82, 2.24) is 35.0 Å². The Balaban J connectivity index is 0.572. The summed E-state index contributed by atoms with van der Waals surface area (Å²) in [6.07, 6.45) is 9.29. The molecule has 0 unspecified atom stereocenters. The van der Waals surface area contributed by atoms with Crippen molar-refractivity contribution >= 4 is 75.8 Å². The molecule has 2 aromatic carbocycles. The van der Waals surface area contributed by atoms with E-state index >= 15 is 0 Å². The van der Waals surface area contributed by atoms with Gasteiger partial charge in [-0.25, -0.2) is 19.6 Å². The molecule has 5 aliphatic heterocycles. The van der Waals surface area contributed by atoms with Crippen LogP contribution in [0.25, 0.3) is 11.1 Å². The average molecular weight is 1790 g/mol. The molecule has 35 heteroatoms. The van der Waals surface area contributed by atoms with Gasteiger partial charge in [0.1, 0.15) is 53.9 Å². The quantitative estimate of drug-likeness (QED) is 0.00733. The number of likely N-dealkylation sites (tertiary alicyclic amines) is 1. The molecule has 6 aliphatic rings. The van der Waals surface area contributed by atoms with Crippen LogP contribution in [-0.2, 0) is 100 Å². The van der Waals surface area contributed by atoms with Crippen molar-refractivity contribution in [3.05, 3.63) is 118 Å². The number of carbonyl (C=O) groups is 7. The molecule has 1 aliphatic carbocycles. The molecular weight excluding hydrogens is 1650 g/mol. The molecule has 4 amide bonds. The SMILES string of the molecule is CO[C@H]1C[C@@H]2CCC[C@@](O)(O2)C(=O)C(=O)N2CCCC[C@H]2C(=O)O[C@H]([C@H](N)C[C@@H]2CC[C@@H](OC(=O)N3CCC(C)(C(=O)NCCOCCOCCOCCOCCOCCOCCC(=O)N4CCc5cc(CNc6ncnc(N)c6C(=N)c6ccc7oc(N)nc7c6)ccc5C4)CC3)[C@H](OC)C2)C[C@@H](O)[C@H](C)/C=C(\C)[C@@H](O)[C@@H](O)C(=O)[C@H](C)C[C@H](C)/C=C/C=C/C=C/1C. The average Bonchev–Trinajstić information content (AvgIpc) is 1.75. The minimum Gasteiger partial charge on any atom is -0.459 e. The molecule has 15 atom stereocenters. The lowest BCUT2D eigenvalue weighted by Gasteiger charge is -2.40. The van der Waals surface area contributed by atoms with Crippen LogP contribution in [0.4, 0.5) is 22.4 Å². The summed E-state index contributed by atoms with van der Waals surface area (Å²) in [5, 5.41) is 61.7. The topological polar surface area (TPSA) is 489 Å². The Kier molecular flexibility index (Phi) is 39.3. The number of piperidine rings is 2. The second-order valence-corrected chi connectivity index (χ2v) is 35.0. The summed E-state index contributed by atoms with van der Waals surface area (Å²) >= 11 is 0. The van der Waals surface area contributed by atoms with Crippen LogP contribution < -0.4 is 27.8 Å². The normalized spacial score (nSPS) is 27.9. The van der Waals surface area contributed by atoms with Crippen LogP contribution in [0.5, 0.6) is 0 Å². The molecule has 1 saturated carbocycles. The number of rotatable bonds is 33. The number of benzene rings is 2. The van der Waals surface area contributed by atoms with E-state index in [1.165, 1.54) is 19.0 Å². The number of carbonyl (C=O) groups excluding carboxylic acids is 7. The van der Waals surface area contributed by atoms with Crippen LogP contribution in [0.2, 0.25) is 0 Å². The summed E-state index contributed by atoms with van der Waals surface area (Å²) in [5.41, 5.74) is 24.8. The lowest BCUT2D eigenvalue weighted by molar-refractivity contribution is -0.245. The molecule has 0 radical (unpaired) electrons. The molecule has 2 aromatic heterocycles. The van der Waals surface area contributed by atoms with E-state index in [1.807, 2.05) is 68.2 Å². The summed E-state index contributed by atoms with van der Waals surface area (Å²) < 4.78 is 69.7. The number of ketones is 2. The lowest BCUT2D eigenvalue weighted by atomic mass is 9.79. The number of allylic oxidation sites excluding steroid dienone is 5. The smallest absolute Gasteiger partial charge is 0.410 e. The molecule has 10 rings (SSSR count). The van der Waals surface area contributed by atoms with Crippen LogP contribution in [-0.4, -0.2) is 290 Å². The molecule has 4 fully saturated rings. The first-order valence-corrected chi connectivity index (χ1v) is 45.2. The third kappa shape index (κ3) is 29.0. The Morgan fingerprint density at radius 1 is 0.719 bits per heavy atom. The van der Waals surface area contributed by atoms with E-state index in [2.05, 4.69) is 31.7 Å². The molecule has 2 bridgehead atoms. The Labute approximate surface area is 749 Å². The van der Waals surface area contributed by atoms with E-state index in [0.717, 1.165) is 21.6 Å². The number of hydrogen-bond acceptors (Lipinski definition) is 31. The third-order valence-corrected chi connectivity index (χ3v) is 25.3. The summed E-state index contributed by atoms with van der Waals surface area (Å²) in [5.74, 6) is -7.27. The van der Waals surface area contributed by atoms with Crippen molar-refractivity contribution in [3.8, 4) is 0 Å². The summed E-state index contributed by atoms with van der Waals surface area (Å²) in [4.78, 5) is 115. The van der Waals surface area contributed by atoms with E-state index < -0.39 is 113 Å². The number of fused-ring (bicyclic) bond motifs is 5. The first-order valence-electron chi connectivity index (χ1n) is 45.2. The monoisotopic (exact) mass is 1790 g/mol. The first-order chi connectivity index (χ1) is 61.5. The van der Waals surface area contributed by atoms with Gasteiger partial charge in [-0.3, -0.25) is 29.4 Å². The zero-order valence-electron chi connectivity index (χ0n) is 75.5. The summed E-state index contributed by atoms with van der Waals surface area (Å²) in [7, 11) is 3.08. The Morgan fingerprint density at radius 3 is 2.11 bits per heavy atom. The number of oxazole rings is 1. The number of aliphatic hydroxyl groups is 4. The highest BCUT2D eigenvalue weighted by Crippen LogP contribution is 2.38. The number of cyclic esters (lactones) is 1. The number of ether oxygens (including phenoxy) is 11. The zero-order valence-corrected chi connectivity index (χ0v) is 75.5. The second-order valence-electron chi connectivity index (χ2n) is 35.0. The van der Waals surface area contributed by atoms with Gasteiger partial charge >= 0.3 is 12.1 Å². The van der Waals surface area contributed by atoms with Crippen LogP contribution in [0, 0.1) is 34.5 Å². The largest absolute Gasteiger partial charge is 0.459 e. The van der Waals surface area contributed by atoms with Crippen LogP contribution in [0.3, 0.4) is 0 Å². The predicted octanol–water partition coefficient (Wildman–Crippen LogP) is 7.32. The number of esters is 1. The number of hydrogen-bond donors (Lipinski definition) is 10. The Hall–Kier alpha value is -9.05. The van der Waals surface area contributed by atoms with Gasteiger partial charge in [-0.1, -0.05) is 82.4 Å². The van der Waals surface area contributed by atoms with Crippen molar-refractivity contribution < 1.29 is 111 Å². The number of amides is 4. The summed E-state index contributed by atoms with van der Waals surface area (Å²) in [6.45, 7) is 17.2. The number of anilines is 3. The number of nitrogens with one attached hydrogen (secondary N) is 3. The van der Waals surface area contributed by atoms with Gasteiger partial charge < -0.3 is 119 Å². The minimum absolute atomic E-state index is 0.0141. The predicted molar refractivity (Wildman–Crippen MR) is 475 cm³/mol. The van der Waals surface area contributed by atoms with Crippen molar-refractivity contribution in [2.24, 2.45) is 34.8 Å². The molecule has 4 aromatic rings. The van der Waals surface area contributed by atoms with Crippen molar-refractivity contribution in [3.63, 3.8) is 0 Å². The van der Waals surface area contributed by atoms with Gasteiger partial charge in [-0.05, 0) is 155 Å². The van der Waals surface area contributed by atoms with Gasteiger partial charge in [0.25, 0.3) is 17.7 Å². The van der Waals surface area contributed by atoms with Crippen LogP contribution in [0.1, 0.15) is 172 Å². The molecule has 0 spiro atoms. The molecule has 13 N–H and O–H groups in total. The van der Waals surface area contributed by atoms with Gasteiger partial charge in [0.05, 0.1) is 121 Å². The maximum atomic E-state index is 14.7. The maximum absolute atomic E-state index is 14.7. The standard InChI is InChI=1S/C93H136N12O23/c1-58-15-10-9-11-16-59(2)75(117-7)53-68-17-14-27-93(116,128-68)84(111)87(112)105-31-13-12-18-71(105)88(113)125-76(54-72(106)60(3)48-62(5)82(109)83(110)81(108)61(4)47-58)69(94)50-63-20-23-74(77(51-63)118-8)127-91(115)103-33-28-92(6,29-34-103)89(114)98-30-36-120-38-40-122-42-44-124-46-45-123-43-41-121-39-37-119-35-26-78(107)104-32-25-65-49-64(19-21-67(65)56-104)55-99-86-79(85(96)100-57-101-86)80(95)66-22-24-73-70(52-66)102-90(97)126-73/h9-11,15-16,19,21-22,24,48-49,52,57-58,60-61,63,68-69,71-72,74-77,82-83,95,106,109-110,116H,12-14,17-18,20,23,25-47,50-51,53-56,94H2,1-8H3,(H2,97,102)(H,98,114)(H3,96,99,100,101)/b11-9+,15-10+,59-16+,62-48+,95-80?/t58-,60-,61-,63+,68+,69-,71+,72-,74-,75+,76+,77-,82-,83+,93-/m1/s1. The molecule has 128 heavy (non-hydrogen) atoms. The second kappa shape index (κ2) is 49.8. The number of nitrogens with two attached hydrogens (primary N) is 3. The third-order valence-electron chi connectivity index (χ3n) is 25.3. The van der Waals surface area contributed by atoms with Crippen molar-refractivity contribution in [2.45, 2.75) is 230 Å². The highest BCUT2D eigenvalue weighted by molar-refractivity contribution is 6.39. The molecular formula is C93H136N12O23. The molecule has 3 saturated heterocycles. The maximum Gasteiger partial charge on any atom is 0.410 e. The number of nitrogens with zero attached hydrogens (tertiary/aromatic N) is 6. The molecule has 706 valence electrons. The number of aromatic nitrogens is 3. The van der Waals surface area contributed by atoms with Crippen LogP contribution in [0.15, 0.2) is 94.7 Å². The number of methoxy groups -OCH3 is 2. The van der Waals surface area contributed by atoms with Crippen molar-refractivity contribution in [2.75, 3.05) is 143 Å². The van der Waals surface area contributed by atoms with Gasteiger partial charge in [-0.2, -0.15) is 4.98 Å². The van der Waals surface area contributed by atoms with E-state index in [-0.39, 0.29) is 125 Å². The number of nitrogen functional groups attached to an aromatic ring is 2. The van der Waals surface area contributed by atoms with Crippen molar-refractivity contribution in [1.29, 1.82) is 5.41 Å². The fourth-order valence-electron chi connectivity index (χ4n) is 17.5. The van der Waals surface area contributed by atoms with Gasteiger partial charge in [0.2, 0.25) is 17.6 Å². The number of aliphatic hydroxyl groups excluding tert-OH is 3. The fraction of sp³-hybridized carbons (Fsp3) is 0.645. The lowest BCUT2D eigenvalue weighted by Crippen LogP contribution is -2.58. The fourth-order valence-corrected chi connectivity index (χ4v) is 17.5. The van der Waals surface area contributed by atoms with E-state index in [9.17, 15) is 54.0 Å². The molecule has 7 heterocycles. The van der Waals surface area contributed by atoms with E-state index in [4.69, 9.17) is 79.1 Å². The van der Waals surface area contributed by atoms with E-state index in [1.54, 1.807) is 57.1 Å². The summed E-state index contributed by atoms with van der Waals surface area (Å²) in [6, 6.07) is 9.20. The highest BCUT2D eigenvalue weighted by atomic mass is 16.6. The number of Topliss-reactive ketones (excluding diaryl/α,β-unsaturated/α-hetero) is 2. The molecule has 35 nitrogen and oxygen atoms in total. The first kappa shape index (κ1) is 101. The van der Waals surface area contributed by atoms with Gasteiger partial charge in [0.15, 0.2) is 11.4 Å². The Bertz CT molecular complexity index is 4460. The zero-order chi connectivity index (χ0) is 92.0. The Morgan fingerprint density at radius 2 is 1.41 bits per heavy atom. The van der Waals surface area contributed by atoms with Gasteiger partial charge in [-0.15, -0.1) is 0 Å². The minimum atomic E-state index is -2.47. The van der Waals surface area contributed by atoms with Crippen LogP contribution >= 0.6 is 0 Å². The van der Waals surface area contributed by atoms with Gasteiger partial charge in [0, 0.05) is 108 Å².